The molecule has 10 nitrogen and oxygen atoms in total. The lowest BCUT2D eigenvalue weighted by atomic mass is 10.0. The van der Waals surface area contributed by atoms with Gasteiger partial charge in [-0.05, 0) is 30.8 Å². The molecule has 0 aliphatic rings. The van der Waals surface area contributed by atoms with E-state index in [1.165, 1.54) is 11.8 Å². The molecule has 0 saturated carbocycles. The van der Waals surface area contributed by atoms with Gasteiger partial charge in [0, 0.05) is 5.75 Å². The summed E-state index contributed by atoms with van der Waals surface area (Å²) in [6.07, 6.45) is 2.31. The topological polar surface area (TPSA) is 171 Å². The number of amides is 3. The van der Waals surface area contributed by atoms with Gasteiger partial charge < -0.3 is 31.9 Å². The van der Waals surface area contributed by atoms with Crippen LogP contribution < -0.4 is 21.7 Å². The zero-order valence-electron chi connectivity index (χ0n) is 16.9. The molecule has 0 radical (unpaired) electrons. The van der Waals surface area contributed by atoms with Gasteiger partial charge in [0.15, 0.2) is 0 Å². The molecule has 0 saturated heterocycles. The average molecular weight is 453 g/mol. The van der Waals surface area contributed by atoms with E-state index in [4.69, 9.17) is 5.73 Å². The Morgan fingerprint density at radius 2 is 1.52 bits per heavy atom. The zero-order chi connectivity index (χ0) is 22.6. The number of carboxylic acid groups (broad SMARTS) is 1. The zero-order valence-corrected chi connectivity index (χ0v) is 18.6. The van der Waals surface area contributed by atoms with Crippen LogP contribution in [0.2, 0.25) is 0 Å². The normalized spacial score (nSPS) is 15.1. The molecule has 0 aromatic heterocycles. The van der Waals surface area contributed by atoms with E-state index in [0.29, 0.717) is 5.75 Å². The number of nitrogens with two attached hydrogens (primary N) is 1. The van der Waals surface area contributed by atoms with Gasteiger partial charge in [-0.15, -0.1) is 0 Å². The summed E-state index contributed by atoms with van der Waals surface area (Å²) in [5.74, 6) is -2.62. The Kier molecular flexibility index (Phi) is 13.7. The van der Waals surface area contributed by atoms with Gasteiger partial charge in [0.2, 0.25) is 17.7 Å². The third kappa shape index (κ3) is 10.7. The number of carbonyl (C=O) groups is 4. The van der Waals surface area contributed by atoms with Crippen molar-refractivity contribution in [3.8, 4) is 0 Å². The van der Waals surface area contributed by atoms with E-state index in [1.54, 1.807) is 0 Å². The number of carbonyl (C=O) groups excluding carboxylic acids is 3. The maximum absolute atomic E-state index is 12.6. The van der Waals surface area contributed by atoms with E-state index in [2.05, 4.69) is 28.6 Å². The minimum Gasteiger partial charge on any atom is -0.480 e. The minimum absolute atomic E-state index is 0.0423. The lowest BCUT2D eigenvalue weighted by Crippen LogP contribution is -2.58. The molecule has 0 aliphatic carbocycles. The molecule has 0 bridgehead atoms. The summed E-state index contributed by atoms with van der Waals surface area (Å²) in [5.41, 5.74) is 5.53. The molecule has 3 amide bonds. The first kappa shape index (κ1) is 27.5. The molecule has 0 aromatic carbocycles. The SMILES string of the molecule is CSCCC(NC(=O)C(CO)NC(=O)C(N)CS)C(=O)NC(CC(C)C)C(=O)O. The molecular weight excluding hydrogens is 420 g/mol. The first-order valence-corrected chi connectivity index (χ1v) is 11.2. The first-order valence-electron chi connectivity index (χ1n) is 9.17. The number of thioether (sulfide) groups is 1. The van der Waals surface area contributed by atoms with Crippen molar-refractivity contribution in [1.29, 1.82) is 0 Å². The quantitative estimate of drug-likeness (QED) is 0.157. The van der Waals surface area contributed by atoms with Gasteiger partial charge in [0.05, 0.1) is 12.6 Å². The molecule has 0 aromatic rings. The number of nitrogens with one attached hydrogen (secondary N) is 3. The number of thiol groups is 1. The predicted octanol–water partition coefficient (Wildman–Crippen LogP) is -1.43. The summed E-state index contributed by atoms with van der Waals surface area (Å²) < 4.78 is 0. The van der Waals surface area contributed by atoms with Crippen LogP contribution in [0, 0.1) is 5.92 Å². The van der Waals surface area contributed by atoms with Gasteiger partial charge in [-0.2, -0.15) is 24.4 Å². The summed E-state index contributed by atoms with van der Waals surface area (Å²) in [5, 5.41) is 25.9. The number of carboxylic acids is 1. The molecule has 0 fully saturated rings. The smallest absolute Gasteiger partial charge is 0.326 e. The fourth-order valence-electron chi connectivity index (χ4n) is 2.30. The van der Waals surface area contributed by atoms with Crippen LogP contribution in [0.25, 0.3) is 0 Å². The van der Waals surface area contributed by atoms with Crippen molar-refractivity contribution in [2.75, 3.05) is 24.4 Å². The van der Waals surface area contributed by atoms with Crippen molar-refractivity contribution >= 4 is 48.1 Å². The molecule has 7 N–H and O–H groups in total. The highest BCUT2D eigenvalue weighted by atomic mass is 32.2. The maximum atomic E-state index is 12.6. The summed E-state index contributed by atoms with van der Waals surface area (Å²) in [7, 11) is 0. The summed E-state index contributed by atoms with van der Waals surface area (Å²) in [6.45, 7) is 2.97. The average Bonchev–Trinajstić information content (AvgIpc) is 2.66. The third-order valence-corrected chi connectivity index (χ3v) is 4.95. The molecule has 0 aliphatic heterocycles. The van der Waals surface area contributed by atoms with Crippen LogP contribution in [0.15, 0.2) is 0 Å². The minimum atomic E-state index is -1.30. The van der Waals surface area contributed by atoms with E-state index in [1.807, 2.05) is 20.1 Å². The maximum Gasteiger partial charge on any atom is 0.326 e. The second-order valence-electron chi connectivity index (χ2n) is 6.90. The van der Waals surface area contributed by atoms with Crippen molar-refractivity contribution in [2.45, 2.75) is 50.9 Å². The fourth-order valence-corrected chi connectivity index (χ4v) is 2.94. The number of rotatable bonds is 14. The van der Waals surface area contributed by atoms with Gasteiger partial charge in [-0.1, -0.05) is 13.8 Å². The Balaban J connectivity index is 5.19. The van der Waals surface area contributed by atoms with Crippen molar-refractivity contribution in [3.05, 3.63) is 0 Å². The molecule has 4 unspecified atom stereocenters. The highest BCUT2D eigenvalue weighted by molar-refractivity contribution is 7.98. The largest absolute Gasteiger partial charge is 0.480 e. The van der Waals surface area contributed by atoms with Crippen LogP contribution in [0.1, 0.15) is 26.7 Å². The number of aliphatic hydroxyl groups excluding tert-OH is 1. The van der Waals surface area contributed by atoms with Gasteiger partial charge in [0.1, 0.15) is 18.1 Å². The number of hydrogen-bond acceptors (Lipinski definition) is 8. The standard InChI is InChI=1S/C17H32N4O6S2/c1-9(2)6-12(17(26)27)20-15(24)11(4-5-29-3)19-16(25)13(7-22)21-14(23)10(18)8-28/h9-13,22,28H,4-8,18H2,1-3H3,(H,19,25)(H,20,24)(H,21,23)(H,26,27). The molecule has 0 spiro atoms. The van der Waals surface area contributed by atoms with Crippen LogP contribution in [-0.4, -0.2) is 82.4 Å². The summed E-state index contributed by atoms with van der Waals surface area (Å²) >= 11 is 5.35. The number of aliphatic carboxylic acids is 1. The van der Waals surface area contributed by atoms with E-state index >= 15 is 0 Å². The monoisotopic (exact) mass is 452 g/mol. The van der Waals surface area contributed by atoms with Crippen LogP contribution in [-0.2, 0) is 19.2 Å². The fraction of sp³-hybridized carbons (Fsp3) is 0.765. The van der Waals surface area contributed by atoms with Gasteiger partial charge in [-0.3, -0.25) is 14.4 Å². The lowest BCUT2D eigenvalue weighted by molar-refractivity contribution is -0.142. The van der Waals surface area contributed by atoms with E-state index in [9.17, 15) is 29.4 Å². The molecule has 168 valence electrons. The Morgan fingerprint density at radius 3 is 1.97 bits per heavy atom. The van der Waals surface area contributed by atoms with Crippen molar-refractivity contribution in [2.24, 2.45) is 11.7 Å². The lowest BCUT2D eigenvalue weighted by Gasteiger charge is -2.24. The highest BCUT2D eigenvalue weighted by Gasteiger charge is 2.30. The third-order valence-electron chi connectivity index (χ3n) is 3.91. The van der Waals surface area contributed by atoms with Gasteiger partial charge >= 0.3 is 5.97 Å². The molecule has 0 rings (SSSR count). The Morgan fingerprint density at radius 1 is 1.00 bits per heavy atom. The molecule has 12 heteroatoms. The van der Waals surface area contributed by atoms with Crippen LogP contribution in [0.4, 0.5) is 0 Å². The van der Waals surface area contributed by atoms with Crippen molar-refractivity contribution < 1.29 is 29.4 Å². The predicted molar refractivity (Wildman–Crippen MR) is 115 cm³/mol. The molecule has 29 heavy (non-hydrogen) atoms. The summed E-state index contributed by atoms with van der Waals surface area (Å²) in [6, 6.07) is -4.36. The highest BCUT2D eigenvalue weighted by Crippen LogP contribution is 2.07. The molecular formula is C17H32N4O6S2. The summed E-state index contributed by atoms with van der Waals surface area (Å²) in [4.78, 5) is 48.3. The van der Waals surface area contributed by atoms with Crippen molar-refractivity contribution in [1.82, 2.24) is 16.0 Å². The van der Waals surface area contributed by atoms with E-state index < -0.39 is 54.5 Å². The van der Waals surface area contributed by atoms with Gasteiger partial charge in [-0.25, -0.2) is 4.79 Å². The first-order chi connectivity index (χ1) is 13.6. The second kappa shape index (κ2) is 14.5. The number of hydrogen-bond donors (Lipinski definition) is 7. The van der Waals surface area contributed by atoms with Gasteiger partial charge in [0.25, 0.3) is 0 Å². The van der Waals surface area contributed by atoms with Crippen LogP contribution in [0.3, 0.4) is 0 Å². The second-order valence-corrected chi connectivity index (χ2v) is 8.26. The van der Waals surface area contributed by atoms with Crippen LogP contribution >= 0.6 is 24.4 Å². The Hall–Kier alpha value is -1.50. The van der Waals surface area contributed by atoms with Crippen molar-refractivity contribution in [3.63, 3.8) is 0 Å². The Bertz CT molecular complexity index is 564. The number of aliphatic hydroxyl groups is 1. The molecule has 0 heterocycles. The van der Waals surface area contributed by atoms with E-state index in [0.717, 1.165) is 0 Å². The molecule has 4 atom stereocenters. The van der Waals surface area contributed by atoms with Crippen LogP contribution in [0.5, 0.6) is 0 Å². The Labute approximate surface area is 180 Å². The van der Waals surface area contributed by atoms with E-state index in [-0.39, 0.29) is 24.5 Å².